The molecule has 0 radical (unpaired) electrons. The van der Waals surface area contributed by atoms with Crippen LogP contribution in [0.15, 0.2) is 53.3 Å². The summed E-state index contributed by atoms with van der Waals surface area (Å²) in [6.07, 6.45) is 0. The first kappa shape index (κ1) is 21.0. The highest BCUT2D eigenvalue weighted by atomic mass is 32.1. The van der Waals surface area contributed by atoms with Gasteiger partial charge in [-0.2, -0.15) is 0 Å². The quantitative estimate of drug-likeness (QED) is 0.543. The lowest BCUT2D eigenvalue weighted by molar-refractivity contribution is 0.244. The molecule has 0 spiro atoms. The first-order chi connectivity index (χ1) is 13.9. The minimum atomic E-state index is -0.131. The Labute approximate surface area is 176 Å². The molecule has 3 rings (SSSR count). The Balaban J connectivity index is 1.83. The summed E-state index contributed by atoms with van der Waals surface area (Å²) >= 11 is 5.58. The molecule has 2 aromatic carbocycles. The number of aliphatic hydroxyl groups excluding tert-OH is 1. The van der Waals surface area contributed by atoms with E-state index >= 15 is 0 Å². The number of aromatic nitrogens is 1. The van der Waals surface area contributed by atoms with Crippen LogP contribution in [-0.4, -0.2) is 33.3 Å². The lowest BCUT2D eigenvalue weighted by atomic mass is 10.0. The average Bonchev–Trinajstić information content (AvgIpc) is 2.72. The van der Waals surface area contributed by atoms with Crippen LogP contribution in [0.3, 0.4) is 0 Å². The molecule has 5 nitrogen and oxygen atoms in total. The third-order valence-electron chi connectivity index (χ3n) is 5.29. The number of benzene rings is 2. The number of hydrogen-bond donors (Lipinski definition) is 3. The molecule has 29 heavy (non-hydrogen) atoms. The maximum absolute atomic E-state index is 12.7. The SMILES string of the molecule is Cc1ccc2cc(CN(CCO)C(=S)N[C@H](C)c3ccccc3)c(=O)[nH]c2c1C. The van der Waals surface area contributed by atoms with Crippen molar-refractivity contribution < 1.29 is 5.11 Å². The lowest BCUT2D eigenvalue weighted by Crippen LogP contribution is -2.42. The van der Waals surface area contributed by atoms with E-state index in [1.807, 2.05) is 68.1 Å². The van der Waals surface area contributed by atoms with Gasteiger partial charge in [-0.1, -0.05) is 42.5 Å². The van der Waals surface area contributed by atoms with Gasteiger partial charge in [-0.3, -0.25) is 4.79 Å². The average molecular weight is 410 g/mol. The Bertz CT molecular complexity index is 1060. The van der Waals surface area contributed by atoms with E-state index in [0.29, 0.717) is 23.8 Å². The maximum atomic E-state index is 12.7. The molecule has 0 unspecified atom stereocenters. The van der Waals surface area contributed by atoms with Gasteiger partial charge < -0.3 is 20.3 Å². The third kappa shape index (κ3) is 4.83. The number of rotatable bonds is 6. The van der Waals surface area contributed by atoms with E-state index in [1.54, 1.807) is 0 Å². The highest BCUT2D eigenvalue weighted by Gasteiger charge is 2.16. The predicted molar refractivity (Wildman–Crippen MR) is 122 cm³/mol. The number of hydrogen-bond acceptors (Lipinski definition) is 3. The zero-order valence-electron chi connectivity index (χ0n) is 17.0. The molecule has 0 saturated carbocycles. The molecule has 3 N–H and O–H groups in total. The Kier molecular flexibility index (Phi) is 6.67. The molecule has 152 valence electrons. The number of nitrogens with zero attached hydrogens (tertiary/aromatic N) is 1. The number of aliphatic hydroxyl groups is 1. The molecule has 0 fully saturated rings. The van der Waals surface area contributed by atoms with Gasteiger partial charge in [0, 0.05) is 12.1 Å². The molecule has 0 bridgehead atoms. The fourth-order valence-electron chi connectivity index (χ4n) is 3.37. The van der Waals surface area contributed by atoms with Gasteiger partial charge in [-0.15, -0.1) is 0 Å². The Morgan fingerprint density at radius 3 is 2.62 bits per heavy atom. The van der Waals surface area contributed by atoms with E-state index < -0.39 is 0 Å². The number of aromatic amines is 1. The number of nitrogens with one attached hydrogen (secondary N) is 2. The first-order valence-electron chi connectivity index (χ1n) is 9.74. The number of fused-ring (bicyclic) bond motifs is 1. The molecule has 0 amide bonds. The smallest absolute Gasteiger partial charge is 0.253 e. The van der Waals surface area contributed by atoms with E-state index in [4.69, 9.17) is 12.2 Å². The fraction of sp³-hybridized carbons (Fsp3) is 0.304. The van der Waals surface area contributed by atoms with Gasteiger partial charge >= 0.3 is 0 Å². The second-order valence-corrected chi connectivity index (χ2v) is 7.71. The number of aryl methyl sites for hydroxylation is 2. The van der Waals surface area contributed by atoms with Crippen molar-refractivity contribution in [1.29, 1.82) is 0 Å². The summed E-state index contributed by atoms with van der Waals surface area (Å²) in [6, 6.07) is 16.0. The molecule has 1 aromatic heterocycles. The van der Waals surface area contributed by atoms with Crippen molar-refractivity contribution in [3.63, 3.8) is 0 Å². The monoisotopic (exact) mass is 409 g/mol. The van der Waals surface area contributed by atoms with Gasteiger partial charge in [-0.05, 0) is 61.1 Å². The largest absolute Gasteiger partial charge is 0.395 e. The van der Waals surface area contributed by atoms with Gasteiger partial charge in [0.2, 0.25) is 0 Å². The number of pyridine rings is 1. The van der Waals surface area contributed by atoms with Crippen molar-refractivity contribution in [1.82, 2.24) is 15.2 Å². The molecular weight excluding hydrogens is 382 g/mol. The van der Waals surface area contributed by atoms with Crippen molar-refractivity contribution in [2.45, 2.75) is 33.4 Å². The highest BCUT2D eigenvalue weighted by molar-refractivity contribution is 7.80. The van der Waals surface area contributed by atoms with E-state index in [1.165, 1.54) is 0 Å². The summed E-state index contributed by atoms with van der Waals surface area (Å²) in [5.74, 6) is 0. The van der Waals surface area contributed by atoms with Crippen LogP contribution in [0.1, 0.15) is 35.2 Å². The summed E-state index contributed by atoms with van der Waals surface area (Å²) in [5.41, 5.74) is 4.69. The molecule has 1 heterocycles. The Morgan fingerprint density at radius 2 is 1.93 bits per heavy atom. The van der Waals surface area contributed by atoms with Gasteiger partial charge in [0.1, 0.15) is 0 Å². The Morgan fingerprint density at radius 1 is 1.21 bits per heavy atom. The van der Waals surface area contributed by atoms with Crippen molar-refractivity contribution >= 4 is 28.2 Å². The van der Waals surface area contributed by atoms with Crippen LogP contribution in [0.5, 0.6) is 0 Å². The minimum Gasteiger partial charge on any atom is -0.395 e. The van der Waals surface area contributed by atoms with E-state index in [9.17, 15) is 9.90 Å². The van der Waals surface area contributed by atoms with E-state index in [2.05, 4.69) is 16.4 Å². The van der Waals surface area contributed by atoms with Crippen LogP contribution in [0.2, 0.25) is 0 Å². The zero-order chi connectivity index (χ0) is 21.0. The second kappa shape index (κ2) is 9.20. The van der Waals surface area contributed by atoms with Gasteiger partial charge in [0.25, 0.3) is 5.56 Å². The lowest BCUT2D eigenvalue weighted by Gasteiger charge is -2.27. The molecule has 6 heteroatoms. The second-order valence-electron chi connectivity index (χ2n) is 7.32. The topological polar surface area (TPSA) is 68.4 Å². The standard InChI is InChI=1S/C23H27N3O2S/c1-15-9-10-19-13-20(22(28)25-21(19)16(15)2)14-26(11-12-27)23(29)24-17(3)18-7-5-4-6-8-18/h4-10,13,17,27H,11-12,14H2,1-3H3,(H,24,29)(H,25,28)/t17-/m1/s1. The fourth-order valence-corrected chi connectivity index (χ4v) is 3.70. The Hall–Kier alpha value is -2.70. The normalized spacial score (nSPS) is 12.0. The molecule has 0 saturated heterocycles. The van der Waals surface area contributed by atoms with Crippen LogP contribution in [0.25, 0.3) is 10.9 Å². The van der Waals surface area contributed by atoms with Crippen LogP contribution < -0.4 is 10.9 Å². The van der Waals surface area contributed by atoms with Crippen LogP contribution in [-0.2, 0) is 6.54 Å². The number of thiocarbonyl (C=S) groups is 1. The first-order valence-corrected chi connectivity index (χ1v) is 10.1. The van der Waals surface area contributed by atoms with Crippen LogP contribution >= 0.6 is 12.2 Å². The van der Waals surface area contributed by atoms with Gasteiger partial charge in [-0.25, -0.2) is 0 Å². The molecule has 3 aromatic rings. The summed E-state index contributed by atoms with van der Waals surface area (Å²) in [7, 11) is 0. The highest BCUT2D eigenvalue weighted by Crippen LogP contribution is 2.19. The van der Waals surface area contributed by atoms with Crippen molar-refractivity contribution in [2.24, 2.45) is 0 Å². The molecule has 0 aliphatic heterocycles. The van der Waals surface area contributed by atoms with E-state index in [0.717, 1.165) is 27.6 Å². The number of H-pyrrole nitrogens is 1. The van der Waals surface area contributed by atoms with Crippen molar-refractivity contribution in [2.75, 3.05) is 13.2 Å². The van der Waals surface area contributed by atoms with Crippen LogP contribution in [0.4, 0.5) is 0 Å². The maximum Gasteiger partial charge on any atom is 0.253 e. The summed E-state index contributed by atoms with van der Waals surface area (Å²) in [4.78, 5) is 17.5. The minimum absolute atomic E-state index is 0.0189. The van der Waals surface area contributed by atoms with Gasteiger partial charge in [0.15, 0.2) is 5.11 Å². The van der Waals surface area contributed by atoms with Crippen molar-refractivity contribution in [3.8, 4) is 0 Å². The van der Waals surface area contributed by atoms with Crippen LogP contribution in [0, 0.1) is 13.8 Å². The predicted octanol–water partition coefficient (Wildman–Crippen LogP) is 3.57. The summed E-state index contributed by atoms with van der Waals surface area (Å²) < 4.78 is 0. The third-order valence-corrected chi connectivity index (χ3v) is 5.66. The molecular formula is C23H27N3O2S. The molecule has 0 aliphatic carbocycles. The van der Waals surface area contributed by atoms with E-state index in [-0.39, 0.29) is 18.2 Å². The summed E-state index contributed by atoms with van der Waals surface area (Å²) in [5, 5.41) is 14.3. The zero-order valence-corrected chi connectivity index (χ0v) is 17.8. The van der Waals surface area contributed by atoms with Gasteiger partial charge in [0.05, 0.1) is 24.7 Å². The molecule has 1 atom stereocenters. The summed E-state index contributed by atoms with van der Waals surface area (Å²) in [6.45, 7) is 6.69. The van der Waals surface area contributed by atoms with Crippen molar-refractivity contribution in [3.05, 3.63) is 81.1 Å². The molecule has 0 aliphatic rings.